The Morgan fingerprint density at radius 2 is 1.61 bits per heavy atom. The van der Waals surface area contributed by atoms with Gasteiger partial charge in [-0.05, 0) is 43.3 Å². The van der Waals surface area contributed by atoms with E-state index < -0.39 is 0 Å². The maximum Gasteiger partial charge on any atom is 0.120 e. The molecule has 5 nitrogen and oxygen atoms in total. The van der Waals surface area contributed by atoms with Crippen molar-refractivity contribution in [2.75, 3.05) is 52.0 Å². The lowest BCUT2D eigenvalue weighted by molar-refractivity contribution is 0.0445. The average molecular weight is 379 g/mol. The molecule has 147 valence electrons. The number of anilines is 1. The summed E-state index contributed by atoms with van der Waals surface area (Å²) in [5.41, 5.74) is 4.19. The molecule has 0 aliphatic carbocycles. The highest BCUT2D eigenvalue weighted by atomic mass is 16.5. The molecule has 3 aromatic rings. The van der Waals surface area contributed by atoms with Gasteiger partial charge in [-0.15, -0.1) is 0 Å². The fourth-order valence-corrected chi connectivity index (χ4v) is 2.82. The predicted molar refractivity (Wildman–Crippen MR) is 114 cm³/mol. The van der Waals surface area contributed by atoms with E-state index in [-0.39, 0.29) is 0 Å². The molecule has 0 bridgehead atoms. The molecule has 3 rings (SSSR count). The number of pyridine rings is 1. The first-order chi connectivity index (χ1) is 13.7. The molecule has 1 heterocycles. The third-order valence-corrected chi connectivity index (χ3v) is 4.35. The number of nitrogens with zero attached hydrogens (tertiary/aromatic N) is 2. The summed E-state index contributed by atoms with van der Waals surface area (Å²) in [5.74, 6) is 0.815. The van der Waals surface area contributed by atoms with Gasteiger partial charge in [-0.1, -0.05) is 18.2 Å². The van der Waals surface area contributed by atoms with Crippen LogP contribution in [-0.4, -0.2) is 52.1 Å². The van der Waals surface area contributed by atoms with Crippen molar-refractivity contribution in [3.8, 4) is 17.0 Å². The molecule has 5 heteroatoms. The minimum atomic E-state index is 0.466. The summed E-state index contributed by atoms with van der Waals surface area (Å²) in [7, 11) is 4.07. The molecular formula is C23H27N2O3. The Kier molecular flexibility index (Phi) is 7.23. The van der Waals surface area contributed by atoms with Gasteiger partial charge in [-0.25, -0.2) is 4.98 Å². The first-order valence-corrected chi connectivity index (χ1v) is 9.43. The minimum Gasteiger partial charge on any atom is -0.491 e. The Morgan fingerprint density at radius 1 is 0.857 bits per heavy atom. The van der Waals surface area contributed by atoms with Gasteiger partial charge < -0.3 is 19.1 Å². The number of benzene rings is 2. The summed E-state index contributed by atoms with van der Waals surface area (Å²) in [6, 6.07) is 18.5. The summed E-state index contributed by atoms with van der Waals surface area (Å²) in [6.07, 6.45) is 0. The van der Waals surface area contributed by atoms with Crippen molar-refractivity contribution >= 4 is 16.6 Å². The van der Waals surface area contributed by atoms with Gasteiger partial charge in [0, 0.05) is 37.3 Å². The lowest BCUT2D eigenvalue weighted by Gasteiger charge is -2.12. The Labute approximate surface area is 166 Å². The molecular weight excluding hydrogens is 352 g/mol. The second kappa shape index (κ2) is 10.1. The molecule has 0 unspecified atom stereocenters. The highest BCUT2D eigenvalue weighted by Crippen LogP contribution is 2.25. The van der Waals surface area contributed by atoms with Crippen LogP contribution in [0.4, 0.5) is 5.69 Å². The van der Waals surface area contributed by atoms with Crippen LogP contribution in [-0.2, 0) is 9.47 Å². The normalized spacial score (nSPS) is 11.0. The van der Waals surface area contributed by atoms with E-state index in [1.54, 1.807) is 0 Å². The van der Waals surface area contributed by atoms with E-state index in [0.29, 0.717) is 33.0 Å². The molecule has 0 saturated heterocycles. The van der Waals surface area contributed by atoms with Crippen molar-refractivity contribution in [3.63, 3.8) is 0 Å². The van der Waals surface area contributed by atoms with Crippen molar-refractivity contribution < 1.29 is 14.2 Å². The topological polar surface area (TPSA) is 43.8 Å². The Morgan fingerprint density at radius 3 is 2.36 bits per heavy atom. The second-order valence-corrected chi connectivity index (χ2v) is 6.57. The fourth-order valence-electron chi connectivity index (χ4n) is 2.82. The zero-order chi connectivity index (χ0) is 19.8. The molecule has 28 heavy (non-hydrogen) atoms. The lowest BCUT2D eigenvalue weighted by atomic mass is 10.1. The van der Waals surface area contributed by atoms with Gasteiger partial charge in [-0.2, -0.15) is 0 Å². The number of rotatable bonds is 10. The SMILES string of the molecule is [CH2]COCCOCCOc1ccc2nc(-c3ccc(N(C)C)cc3)ccc2c1. The quantitative estimate of drug-likeness (QED) is 0.494. The smallest absolute Gasteiger partial charge is 0.120 e. The minimum absolute atomic E-state index is 0.466. The zero-order valence-corrected chi connectivity index (χ0v) is 16.6. The van der Waals surface area contributed by atoms with Crippen LogP contribution in [0.1, 0.15) is 0 Å². The van der Waals surface area contributed by atoms with Crippen LogP contribution in [0.2, 0.25) is 0 Å². The molecule has 0 atom stereocenters. The summed E-state index contributed by atoms with van der Waals surface area (Å²) in [6.45, 7) is 6.21. The zero-order valence-electron chi connectivity index (χ0n) is 16.6. The van der Waals surface area contributed by atoms with Gasteiger partial charge in [0.1, 0.15) is 12.4 Å². The summed E-state index contributed by atoms with van der Waals surface area (Å²) >= 11 is 0. The molecule has 1 aromatic heterocycles. The number of aromatic nitrogens is 1. The first kappa shape index (κ1) is 20.1. The van der Waals surface area contributed by atoms with Crippen molar-refractivity contribution in [1.29, 1.82) is 0 Å². The van der Waals surface area contributed by atoms with Crippen LogP contribution in [0, 0.1) is 6.92 Å². The summed E-state index contributed by atoms with van der Waals surface area (Å²) in [4.78, 5) is 6.87. The molecule has 0 amide bonds. The van der Waals surface area contributed by atoms with Gasteiger partial charge in [-0.3, -0.25) is 0 Å². The van der Waals surface area contributed by atoms with Gasteiger partial charge in [0.2, 0.25) is 0 Å². The van der Waals surface area contributed by atoms with Crippen molar-refractivity contribution in [1.82, 2.24) is 4.98 Å². The maximum absolute atomic E-state index is 5.76. The molecule has 1 radical (unpaired) electrons. The third kappa shape index (κ3) is 5.44. The van der Waals surface area contributed by atoms with Crippen LogP contribution in [0.25, 0.3) is 22.2 Å². The molecule has 0 fully saturated rings. The molecule has 0 saturated carbocycles. The number of hydrogen-bond donors (Lipinski definition) is 0. The van der Waals surface area contributed by atoms with E-state index >= 15 is 0 Å². The molecule has 0 spiro atoms. The third-order valence-electron chi connectivity index (χ3n) is 4.35. The predicted octanol–water partition coefficient (Wildman–Crippen LogP) is 4.21. The molecule has 0 aliphatic rings. The van der Waals surface area contributed by atoms with E-state index in [4.69, 9.17) is 19.2 Å². The molecule has 2 aromatic carbocycles. The van der Waals surface area contributed by atoms with Crippen LogP contribution in [0.15, 0.2) is 54.6 Å². The molecule has 0 N–H and O–H groups in total. The van der Waals surface area contributed by atoms with E-state index in [1.165, 1.54) is 5.69 Å². The van der Waals surface area contributed by atoms with E-state index in [0.717, 1.165) is 27.9 Å². The van der Waals surface area contributed by atoms with Gasteiger partial charge in [0.05, 0.1) is 31.0 Å². The van der Waals surface area contributed by atoms with Crippen molar-refractivity contribution in [2.45, 2.75) is 0 Å². The molecule has 0 aliphatic heterocycles. The van der Waals surface area contributed by atoms with Gasteiger partial charge >= 0.3 is 0 Å². The maximum atomic E-state index is 5.76. The van der Waals surface area contributed by atoms with Gasteiger partial charge in [0.15, 0.2) is 0 Å². The summed E-state index contributed by atoms with van der Waals surface area (Å²) in [5, 5.41) is 1.05. The fraction of sp³-hybridized carbons (Fsp3) is 0.304. The first-order valence-electron chi connectivity index (χ1n) is 9.43. The van der Waals surface area contributed by atoms with E-state index in [2.05, 4.69) is 42.2 Å². The highest BCUT2D eigenvalue weighted by molar-refractivity contribution is 5.83. The number of fused-ring (bicyclic) bond motifs is 1. The highest BCUT2D eigenvalue weighted by Gasteiger charge is 2.04. The Hall–Kier alpha value is -2.63. The van der Waals surface area contributed by atoms with Crippen molar-refractivity contribution in [3.05, 3.63) is 61.5 Å². The lowest BCUT2D eigenvalue weighted by Crippen LogP contribution is -2.10. The van der Waals surface area contributed by atoms with Gasteiger partial charge in [0.25, 0.3) is 0 Å². The average Bonchev–Trinajstić information content (AvgIpc) is 2.72. The summed E-state index contributed by atoms with van der Waals surface area (Å²) < 4.78 is 16.3. The standard InChI is InChI=1S/C23H27N2O3/c1-4-26-13-14-27-15-16-28-21-10-12-23-19(17-21)7-11-22(24-23)18-5-8-20(9-6-18)25(2)3/h5-12,17H,1,4,13-16H2,2-3H3. The second-order valence-electron chi connectivity index (χ2n) is 6.57. The number of hydrogen-bond acceptors (Lipinski definition) is 5. The van der Waals surface area contributed by atoms with Crippen LogP contribution in [0.3, 0.4) is 0 Å². The van der Waals surface area contributed by atoms with Crippen LogP contribution >= 0.6 is 0 Å². The monoisotopic (exact) mass is 379 g/mol. The van der Waals surface area contributed by atoms with E-state index in [1.807, 2.05) is 38.4 Å². The van der Waals surface area contributed by atoms with Crippen molar-refractivity contribution in [2.24, 2.45) is 0 Å². The number of ether oxygens (including phenoxy) is 3. The Balaban J connectivity index is 1.60. The van der Waals surface area contributed by atoms with E-state index in [9.17, 15) is 0 Å². The Bertz CT molecular complexity index is 879. The largest absolute Gasteiger partial charge is 0.491 e. The van der Waals surface area contributed by atoms with Crippen LogP contribution < -0.4 is 9.64 Å². The van der Waals surface area contributed by atoms with Crippen LogP contribution in [0.5, 0.6) is 5.75 Å².